The molecule has 38 heavy (non-hydrogen) atoms. The number of benzene rings is 2. The maximum Gasteiger partial charge on any atom is 0.306 e. The molecule has 0 spiro atoms. The molecule has 3 unspecified atom stereocenters. The monoisotopic (exact) mass is 520 g/mol. The number of phenolic OH excluding ortho intramolecular Hbond substituents is 1. The van der Waals surface area contributed by atoms with Crippen LogP contribution in [0.15, 0.2) is 41.5 Å². The zero-order valence-electron chi connectivity index (χ0n) is 22.4. The third-order valence-electron chi connectivity index (χ3n) is 7.71. The first-order chi connectivity index (χ1) is 18.1. The van der Waals surface area contributed by atoms with Gasteiger partial charge in [-0.2, -0.15) is 5.10 Å². The fraction of sp³-hybridized carbons (Fsp3) is 0.448. The van der Waals surface area contributed by atoms with Crippen molar-refractivity contribution in [1.82, 2.24) is 9.80 Å². The van der Waals surface area contributed by atoms with Crippen molar-refractivity contribution in [3.05, 3.63) is 58.7 Å². The maximum atomic E-state index is 13.5. The topological polar surface area (TPSA) is 123 Å². The van der Waals surface area contributed by atoms with E-state index in [0.29, 0.717) is 31.5 Å². The van der Waals surface area contributed by atoms with Gasteiger partial charge in [-0.3, -0.25) is 19.8 Å². The van der Waals surface area contributed by atoms with Crippen LogP contribution in [0.4, 0.5) is 5.69 Å². The summed E-state index contributed by atoms with van der Waals surface area (Å²) in [5.41, 5.74) is 6.33. The first kappa shape index (κ1) is 27.3. The van der Waals surface area contributed by atoms with E-state index in [4.69, 9.17) is 0 Å². The molecule has 2 aromatic carbocycles. The van der Waals surface area contributed by atoms with E-state index in [0.717, 1.165) is 29.5 Å². The van der Waals surface area contributed by atoms with Crippen LogP contribution in [0.2, 0.25) is 0 Å². The number of amides is 1. The highest BCUT2D eigenvalue weighted by Gasteiger charge is 2.45. The fourth-order valence-electron chi connectivity index (χ4n) is 5.33. The number of ketones is 1. The number of hydrogen-bond acceptors (Lipinski definition) is 7. The normalized spacial score (nSPS) is 22.9. The summed E-state index contributed by atoms with van der Waals surface area (Å²) < 4.78 is 0. The first-order valence-electron chi connectivity index (χ1n) is 13.0. The minimum absolute atomic E-state index is 0.0408. The Morgan fingerprint density at radius 3 is 2.58 bits per heavy atom. The summed E-state index contributed by atoms with van der Waals surface area (Å²) in [5, 5.41) is 24.6. The molecule has 1 saturated carbocycles. The van der Waals surface area contributed by atoms with E-state index >= 15 is 0 Å². The number of Topliss-reactive ketones (excluding diaryl/α,β-unsaturated/α-hetero) is 1. The predicted molar refractivity (Wildman–Crippen MR) is 145 cm³/mol. The molecule has 1 aliphatic heterocycles. The molecule has 4 rings (SSSR count). The van der Waals surface area contributed by atoms with E-state index in [2.05, 4.69) is 10.5 Å². The molecule has 2 fully saturated rings. The predicted octanol–water partition coefficient (Wildman–Crippen LogP) is 3.85. The average molecular weight is 521 g/mol. The Morgan fingerprint density at radius 2 is 1.89 bits per heavy atom. The lowest BCUT2D eigenvalue weighted by Gasteiger charge is -2.27. The molecule has 1 heterocycles. The van der Waals surface area contributed by atoms with Crippen LogP contribution in [0.25, 0.3) is 0 Å². The number of carbonyl (C=O) groups excluding carboxylic acids is 2. The quantitative estimate of drug-likeness (QED) is 0.357. The fourth-order valence-corrected chi connectivity index (χ4v) is 5.33. The van der Waals surface area contributed by atoms with Gasteiger partial charge >= 0.3 is 5.97 Å². The molecule has 0 bridgehead atoms. The number of carboxylic acid groups (broad SMARTS) is 1. The smallest absolute Gasteiger partial charge is 0.306 e. The van der Waals surface area contributed by atoms with Crippen molar-refractivity contribution in [2.24, 2.45) is 11.0 Å². The molecule has 1 saturated heterocycles. The number of hydrogen-bond donors (Lipinski definition) is 3. The van der Waals surface area contributed by atoms with Gasteiger partial charge in [-0.15, -0.1) is 0 Å². The molecule has 9 heteroatoms. The third kappa shape index (κ3) is 5.57. The molecular weight excluding hydrogens is 484 g/mol. The summed E-state index contributed by atoms with van der Waals surface area (Å²) in [4.78, 5) is 41.9. The van der Waals surface area contributed by atoms with Crippen LogP contribution in [0, 0.1) is 19.8 Å². The minimum Gasteiger partial charge on any atom is -0.505 e. The molecule has 2 aliphatic rings. The van der Waals surface area contributed by atoms with E-state index in [-0.39, 0.29) is 23.1 Å². The number of anilines is 1. The van der Waals surface area contributed by atoms with E-state index in [1.165, 1.54) is 0 Å². The van der Waals surface area contributed by atoms with Crippen molar-refractivity contribution < 1.29 is 24.6 Å². The summed E-state index contributed by atoms with van der Waals surface area (Å²) in [6, 6.07) is 10.2. The van der Waals surface area contributed by atoms with Crippen molar-refractivity contribution >= 4 is 29.1 Å². The van der Waals surface area contributed by atoms with Gasteiger partial charge in [0.25, 0.3) is 5.91 Å². The summed E-state index contributed by atoms with van der Waals surface area (Å²) in [7, 11) is 3.81. The number of aryl methyl sites for hydroxylation is 2. The number of likely N-dealkylation sites (N-methyl/N-ethyl adjacent to an activating group) is 1. The van der Waals surface area contributed by atoms with E-state index in [1.54, 1.807) is 23.1 Å². The number of rotatable bonds is 8. The largest absolute Gasteiger partial charge is 0.505 e. The minimum atomic E-state index is -0.815. The van der Waals surface area contributed by atoms with Crippen molar-refractivity contribution in [2.45, 2.75) is 51.5 Å². The summed E-state index contributed by atoms with van der Waals surface area (Å²) in [6.07, 6.45) is 2.64. The number of carboxylic acids is 1. The lowest BCUT2D eigenvalue weighted by molar-refractivity contribution is -0.143. The Bertz CT molecular complexity index is 1270. The molecule has 3 N–H and O–H groups in total. The molecule has 3 atom stereocenters. The van der Waals surface area contributed by atoms with Crippen LogP contribution >= 0.6 is 0 Å². The standard InChI is InChI=1S/C29H36N4O5/c1-17-11-12-20(15-18(17)2)25-27(35)24(28(36)33(25)14-13-32(3)4)31-30-23-10-6-9-22(26(23)34)19-7-5-8-21(16-19)29(37)38/h6,9-12,15,19,21,25,30,34H,5,7-8,13-14,16H2,1-4H3,(H,37,38). The molecule has 1 aliphatic carbocycles. The second kappa shape index (κ2) is 11.3. The van der Waals surface area contributed by atoms with Crippen LogP contribution in [0.5, 0.6) is 5.75 Å². The summed E-state index contributed by atoms with van der Waals surface area (Å²) in [6.45, 7) is 4.92. The molecule has 1 amide bonds. The highest BCUT2D eigenvalue weighted by Crippen LogP contribution is 2.42. The van der Waals surface area contributed by atoms with Crippen LogP contribution in [-0.4, -0.2) is 70.6 Å². The zero-order valence-corrected chi connectivity index (χ0v) is 22.4. The summed E-state index contributed by atoms with van der Waals surface area (Å²) in [5.74, 6) is -2.23. The lowest BCUT2D eigenvalue weighted by atomic mass is 9.77. The van der Waals surface area contributed by atoms with Crippen molar-refractivity contribution in [3.8, 4) is 5.75 Å². The van der Waals surface area contributed by atoms with Crippen molar-refractivity contribution in [1.29, 1.82) is 0 Å². The van der Waals surface area contributed by atoms with Gasteiger partial charge in [0.2, 0.25) is 5.78 Å². The number of hydrazone groups is 1. The SMILES string of the molecule is Cc1ccc(C2C(=O)C(=NNc3cccc(C4CCCC(C(=O)O)C4)c3O)C(=O)N2CCN(C)C)cc1C. The third-order valence-corrected chi connectivity index (χ3v) is 7.71. The number of aliphatic carboxylic acids is 1. The number of nitrogens with zero attached hydrogens (tertiary/aromatic N) is 3. The Balaban J connectivity index is 1.61. The zero-order chi connectivity index (χ0) is 27.6. The van der Waals surface area contributed by atoms with Gasteiger partial charge in [-0.05, 0) is 81.4 Å². The van der Waals surface area contributed by atoms with Gasteiger partial charge in [0.1, 0.15) is 11.8 Å². The average Bonchev–Trinajstić information content (AvgIpc) is 3.12. The highest BCUT2D eigenvalue weighted by atomic mass is 16.4. The molecule has 2 aromatic rings. The Labute approximate surface area is 223 Å². The first-order valence-corrected chi connectivity index (χ1v) is 13.0. The molecule has 0 radical (unpaired) electrons. The Morgan fingerprint density at radius 1 is 1.13 bits per heavy atom. The number of nitrogens with one attached hydrogen (secondary N) is 1. The lowest BCUT2D eigenvalue weighted by Crippen LogP contribution is -2.36. The van der Waals surface area contributed by atoms with Gasteiger partial charge in [0.15, 0.2) is 5.71 Å². The number of likely N-dealkylation sites (tertiary alicyclic amines) is 1. The van der Waals surface area contributed by atoms with Gasteiger partial charge in [-0.25, -0.2) is 0 Å². The molecular formula is C29H36N4O5. The van der Waals surface area contributed by atoms with E-state index < -0.39 is 29.6 Å². The van der Waals surface area contributed by atoms with Gasteiger partial charge in [-0.1, -0.05) is 36.8 Å². The maximum absolute atomic E-state index is 13.5. The molecule has 202 valence electrons. The Hall–Kier alpha value is -3.72. The van der Waals surface area contributed by atoms with E-state index in [9.17, 15) is 24.6 Å². The van der Waals surface area contributed by atoms with Crippen molar-refractivity contribution in [2.75, 3.05) is 32.6 Å². The van der Waals surface area contributed by atoms with Crippen LogP contribution in [-0.2, 0) is 14.4 Å². The second-order valence-electron chi connectivity index (χ2n) is 10.6. The van der Waals surface area contributed by atoms with Gasteiger partial charge in [0, 0.05) is 13.1 Å². The number of phenols is 1. The van der Waals surface area contributed by atoms with Crippen LogP contribution in [0.3, 0.4) is 0 Å². The second-order valence-corrected chi connectivity index (χ2v) is 10.6. The van der Waals surface area contributed by atoms with E-state index in [1.807, 2.05) is 51.0 Å². The van der Waals surface area contributed by atoms with Gasteiger partial charge in [0.05, 0.1) is 11.6 Å². The number of para-hydroxylation sites is 1. The van der Waals surface area contributed by atoms with Crippen molar-refractivity contribution in [3.63, 3.8) is 0 Å². The highest BCUT2D eigenvalue weighted by molar-refractivity contribution is 6.69. The van der Waals surface area contributed by atoms with Crippen LogP contribution < -0.4 is 5.43 Å². The number of aromatic hydroxyl groups is 1. The van der Waals surface area contributed by atoms with Crippen LogP contribution in [0.1, 0.15) is 59.9 Å². The van der Waals surface area contributed by atoms with Gasteiger partial charge < -0.3 is 20.0 Å². The number of carbonyl (C=O) groups is 3. The molecule has 9 nitrogen and oxygen atoms in total. The summed E-state index contributed by atoms with van der Waals surface area (Å²) >= 11 is 0. The molecule has 0 aromatic heterocycles. The Kier molecular flexibility index (Phi) is 8.16.